The number of hydrogen-bond acceptors (Lipinski definition) is 3. The van der Waals surface area contributed by atoms with Crippen molar-refractivity contribution in [3.63, 3.8) is 0 Å². The van der Waals surface area contributed by atoms with Gasteiger partial charge in [0.05, 0.1) is 0 Å². The Morgan fingerprint density at radius 2 is 2.12 bits per heavy atom. The average Bonchev–Trinajstić information content (AvgIpc) is 2.38. The first-order valence-corrected chi connectivity index (χ1v) is 7.51. The second-order valence-electron chi connectivity index (χ2n) is 5.80. The molecule has 0 bridgehead atoms. The summed E-state index contributed by atoms with van der Waals surface area (Å²) in [6, 6.07) is 1.28. The lowest BCUT2D eigenvalue weighted by Gasteiger charge is -2.44. The zero-order valence-electron chi connectivity index (χ0n) is 11.4. The van der Waals surface area contributed by atoms with Crippen LogP contribution in [0.3, 0.4) is 0 Å². The van der Waals surface area contributed by atoms with Crippen molar-refractivity contribution >= 4 is 0 Å². The van der Waals surface area contributed by atoms with E-state index < -0.39 is 0 Å². The summed E-state index contributed by atoms with van der Waals surface area (Å²) in [7, 11) is 0. The Bertz CT molecular complexity index is 220. The van der Waals surface area contributed by atoms with Gasteiger partial charge in [0.25, 0.3) is 0 Å². The third-order valence-corrected chi connectivity index (χ3v) is 4.50. The van der Waals surface area contributed by atoms with Gasteiger partial charge in [-0.05, 0) is 45.2 Å². The molecule has 3 nitrogen and oxygen atoms in total. The van der Waals surface area contributed by atoms with E-state index in [9.17, 15) is 0 Å². The number of fused-ring (bicyclic) bond motifs is 1. The molecule has 0 aromatic carbocycles. The fourth-order valence-corrected chi connectivity index (χ4v) is 3.20. The van der Waals surface area contributed by atoms with Crippen LogP contribution in [0.5, 0.6) is 0 Å². The number of nitrogens with zero attached hydrogens (tertiary/aromatic N) is 2. The van der Waals surface area contributed by atoms with Crippen LogP contribution in [0.25, 0.3) is 0 Å². The standard InChI is InChI=1S/C14H29N3/c1-2-13(15)6-5-8-16-10-11-17-9-4-3-7-14(17)12-16/h13-14H,2-12,15H2,1H3. The molecule has 0 amide bonds. The molecule has 0 aliphatic carbocycles. The fourth-order valence-electron chi connectivity index (χ4n) is 3.20. The minimum absolute atomic E-state index is 0.422. The summed E-state index contributed by atoms with van der Waals surface area (Å²) in [6.45, 7) is 8.67. The Hall–Kier alpha value is -0.120. The van der Waals surface area contributed by atoms with Crippen LogP contribution in [0.1, 0.15) is 45.4 Å². The smallest absolute Gasteiger partial charge is 0.0223 e. The van der Waals surface area contributed by atoms with Crippen molar-refractivity contribution < 1.29 is 0 Å². The van der Waals surface area contributed by atoms with Gasteiger partial charge in [0.15, 0.2) is 0 Å². The Morgan fingerprint density at radius 3 is 2.94 bits per heavy atom. The molecule has 3 heteroatoms. The van der Waals surface area contributed by atoms with E-state index >= 15 is 0 Å². The van der Waals surface area contributed by atoms with Gasteiger partial charge < -0.3 is 10.6 Å². The first-order chi connectivity index (χ1) is 8.29. The maximum atomic E-state index is 5.97. The maximum absolute atomic E-state index is 5.97. The van der Waals surface area contributed by atoms with E-state index in [1.807, 2.05) is 0 Å². The summed E-state index contributed by atoms with van der Waals surface area (Å²) in [6.07, 6.45) is 7.88. The number of piperidine rings is 1. The lowest BCUT2D eigenvalue weighted by atomic mass is 9.99. The number of piperazine rings is 1. The zero-order valence-corrected chi connectivity index (χ0v) is 11.4. The predicted octanol–water partition coefficient (Wildman–Crippen LogP) is 1.67. The van der Waals surface area contributed by atoms with Crippen molar-refractivity contribution in [3.8, 4) is 0 Å². The fraction of sp³-hybridized carbons (Fsp3) is 1.00. The molecule has 2 aliphatic rings. The molecule has 100 valence electrons. The van der Waals surface area contributed by atoms with Crippen molar-refractivity contribution in [2.45, 2.75) is 57.5 Å². The van der Waals surface area contributed by atoms with Crippen LogP contribution in [0.2, 0.25) is 0 Å². The van der Waals surface area contributed by atoms with Gasteiger partial charge in [-0.3, -0.25) is 4.90 Å². The number of nitrogens with two attached hydrogens (primary N) is 1. The summed E-state index contributed by atoms with van der Waals surface area (Å²) in [5, 5.41) is 0. The molecule has 0 radical (unpaired) electrons. The van der Waals surface area contributed by atoms with Crippen LogP contribution >= 0.6 is 0 Å². The topological polar surface area (TPSA) is 32.5 Å². The van der Waals surface area contributed by atoms with Gasteiger partial charge in [0.1, 0.15) is 0 Å². The molecule has 2 aliphatic heterocycles. The molecule has 2 saturated heterocycles. The summed E-state index contributed by atoms with van der Waals surface area (Å²) in [5.41, 5.74) is 5.97. The molecular formula is C14H29N3. The van der Waals surface area contributed by atoms with Crippen LogP contribution in [0.4, 0.5) is 0 Å². The van der Waals surface area contributed by atoms with Crippen molar-refractivity contribution in [1.29, 1.82) is 0 Å². The molecule has 0 aromatic rings. The molecular weight excluding hydrogens is 210 g/mol. The van der Waals surface area contributed by atoms with Gasteiger partial charge >= 0.3 is 0 Å². The largest absolute Gasteiger partial charge is 0.328 e. The molecule has 0 saturated carbocycles. The molecule has 2 fully saturated rings. The highest BCUT2D eigenvalue weighted by Gasteiger charge is 2.28. The lowest BCUT2D eigenvalue weighted by Crippen LogP contribution is -2.54. The number of rotatable bonds is 5. The maximum Gasteiger partial charge on any atom is 0.0223 e. The lowest BCUT2D eigenvalue weighted by molar-refractivity contribution is 0.0485. The van der Waals surface area contributed by atoms with Crippen LogP contribution in [-0.4, -0.2) is 54.6 Å². The van der Waals surface area contributed by atoms with E-state index in [1.54, 1.807) is 0 Å². The third kappa shape index (κ3) is 3.94. The SMILES string of the molecule is CCC(N)CCCN1CCN2CCCCC2C1. The third-order valence-electron chi connectivity index (χ3n) is 4.50. The first-order valence-electron chi connectivity index (χ1n) is 7.51. The van der Waals surface area contributed by atoms with Gasteiger partial charge in [-0.1, -0.05) is 13.3 Å². The molecule has 17 heavy (non-hydrogen) atoms. The minimum Gasteiger partial charge on any atom is -0.328 e. The second kappa shape index (κ2) is 6.72. The van der Waals surface area contributed by atoms with Crippen molar-refractivity contribution in [2.24, 2.45) is 5.73 Å². The Balaban J connectivity index is 1.65. The Morgan fingerprint density at radius 1 is 1.24 bits per heavy atom. The highest BCUT2D eigenvalue weighted by atomic mass is 15.3. The van der Waals surface area contributed by atoms with Crippen molar-refractivity contribution in [2.75, 3.05) is 32.7 Å². The quantitative estimate of drug-likeness (QED) is 0.792. The molecule has 2 N–H and O–H groups in total. The number of hydrogen-bond donors (Lipinski definition) is 1. The van der Waals surface area contributed by atoms with Gasteiger partial charge in [0, 0.05) is 31.7 Å². The Kier molecular flexibility index (Phi) is 5.26. The summed E-state index contributed by atoms with van der Waals surface area (Å²) < 4.78 is 0. The summed E-state index contributed by atoms with van der Waals surface area (Å²) in [5.74, 6) is 0. The highest BCUT2D eigenvalue weighted by molar-refractivity contribution is 4.85. The van der Waals surface area contributed by atoms with Crippen LogP contribution in [0, 0.1) is 0 Å². The van der Waals surface area contributed by atoms with E-state index in [0.29, 0.717) is 6.04 Å². The predicted molar refractivity (Wildman–Crippen MR) is 73.2 cm³/mol. The van der Waals surface area contributed by atoms with Gasteiger partial charge in [-0.25, -0.2) is 0 Å². The van der Waals surface area contributed by atoms with E-state index in [1.165, 1.54) is 64.8 Å². The van der Waals surface area contributed by atoms with Crippen molar-refractivity contribution in [1.82, 2.24) is 9.80 Å². The molecule has 2 unspecified atom stereocenters. The molecule has 2 heterocycles. The normalized spacial score (nSPS) is 28.9. The van der Waals surface area contributed by atoms with Gasteiger partial charge in [-0.2, -0.15) is 0 Å². The van der Waals surface area contributed by atoms with Crippen LogP contribution < -0.4 is 5.73 Å². The molecule has 0 aromatic heterocycles. The van der Waals surface area contributed by atoms with Crippen LogP contribution in [-0.2, 0) is 0 Å². The highest BCUT2D eigenvalue weighted by Crippen LogP contribution is 2.21. The summed E-state index contributed by atoms with van der Waals surface area (Å²) >= 11 is 0. The zero-order chi connectivity index (χ0) is 12.1. The van der Waals surface area contributed by atoms with Crippen molar-refractivity contribution in [3.05, 3.63) is 0 Å². The van der Waals surface area contributed by atoms with E-state index in [2.05, 4.69) is 16.7 Å². The molecule has 2 rings (SSSR count). The Labute approximate surface area is 106 Å². The summed E-state index contributed by atoms with van der Waals surface area (Å²) in [4.78, 5) is 5.37. The van der Waals surface area contributed by atoms with E-state index in [-0.39, 0.29) is 0 Å². The average molecular weight is 239 g/mol. The van der Waals surface area contributed by atoms with Gasteiger partial charge in [-0.15, -0.1) is 0 Å². The first kappa shape index (κ1) is 13.3. The minimum atomic E-state index is 0.422. The van der Waals surface area contributed by atoms with E-state index in [0.717, 1.165) is 12.5 Å². The molecule has 2 atom stereocenters. The monoisotopic (exact) mass is 239 g/mol. The van der Waals surface area contributed by atoms with E-state index in [4.69, 9.17) is 5.73 Å². The van der Waals surface area contributed by atoms with Gasteiger partial charge in [0.2, 0.25) is 0 Å². The van der Waals surface area contributed by atoms with Crippen LogP contribution in [0.15, 0.2) is 0 Å². The molecule has 0 spiro atoms. The second-order valence-corrected chi connectivity index (χ2v) is 5.80.